The maximum atomic E-state index is 13.3. The van der Waals surface area contributed by atoms with Gasteiger partial charge in [-0.15, -0.1) is 0 Å². The van der Waals surface area contributed by atoms with Crippen LogP contribution in [0.15, 0.2) is 24.3 Å². The van der Waals surface area contributed by atoms with Crippen molar-refractivity contribution in [1.82, 2.24) is 4.90 Å². The molecule has 1 aromatic rings. The second-order valence-electron chi connectivity index (χ2n) is 4.10. The molecule has 1 aromatic carbocycles. The summed E-state index contributed by atoms with van der Waals surface area (Å²) in [6, 6.07) is 7.08. The highest BCUT2D eigenvalue weighted by molar-refractivity contribution is 5.16. The van der Waals surface area contributed by atoms with Crippen molar-refractivity contribution in [2.45, 2.75) is 25.9 Å². The first-order valence-electron chi connectivity index (χ1n) is 5.27. The molecular weight excluding hydrogens is 191 g/mol. The average Bonchev–Trinajstić information content (AvgIpc) is 2.18. The van der Waals surface area contributed by atoms with E-state index in [9.17, 15) is 4.39 Å². The van der Waals surface area contributed by atoms with Gasteiger partial charge in [-0.25, -0.2) is 4.39 Å². The first-order chi connectivity index (χ1) is 7.09. The van der Waals surface area contributed by atoms with E-state index in [1.807, 2.05) is 26.1 Å². The first kappa shape index (κ1) is 12.1. The SMILES string of the molecule is CC(N)CCN(C)Cc1ccccc1F. The summed E-state index contributed by atoms with van der Waals surface area (Å²) in [7, 11) is 1.98. The van der Waals surface area contributed by atoms with Gasteiger partial charge in [-0.1, -0.05) is 18.2 Å². The van der Waals surface area contributed by atoms with Crippen molar-refractivity contribution in [3.05, 3.63) is 35.6 Å². The van der Waals surface area contributed by atoms with E-state index in [-0.39, 0.29) is 11.9 Å². The van der Waals surface area contributed by atoms with Crippen molar-refractivity contribution in [3.63, 3.8) is 0 Å². The standard InChI is InChI=1S/C12H19FN2/c1-10(14)7-8-15(2)9-11-5-3-4-6-12(11)13/h3-6,10H,7-9,14H2,1-2H3. The topological polar surface area (TPSA) is 29.3 Å². The number of hydrogen-bond acceptors (Lipinski definition) is 2. The van der Waals surface area contributed by atoms with E-state index in [4.69, 9.17) is 5.73 Å². The maximum absolute atomic E-state index is 13.3. The van der Waals surface area contributed by atoms with E-state index in [0.29, 0.717) is 6.54 Å². The summed E-state index contributed by atoms with van der Waals surface area (Å²) < 4.78 is 13.3. The molecule has 0 aliphatic carbocycles. The second-order valence-corrected chi connectivity index (χ2v) is 4.10. The monoisotopic (exact) mass is 210 g/mol. The second kappa shape index (κ2) is 5.83. The van der Waals surface area contributed by atoms with Gasteiger partial charge in [0.15, 0.2) is 0 Å². The molecular formula is C12H19FN2. The first-order valence-corrected chi connectivity index (χ1v) is 5.27. The van der Waals surface area contributed by atoms with E-state index < -0.39 is 0 Å². The molecule has 0 amide bonds. The smallest absolute Gasteiger partial charge is 0.127 e. The summed E-state index contributed by atoms with van der Waals surface area (Å²) in [5.74, 6) is -0.134. The highest BCUT2D eigenvalue weighted by Gasteiger charge is 2.05. The fraction of sp³-hybridized carbons (Fsp3) is 0.500. The van der Waals surface area contributed by atoms with Crippen LogP contribution in [-0.2, 0) is 6.54 Å². The number of hydrogen-bond donors (Lipinski definition) is 1. The van der Waals surface area contributed by atoms with Crippen LogP contribution in [0.1, 0.15) is 18.9 Å². The molecule has 0 aliphatic heterocycles. The van der Waals surface area contributed by atoms with Crippen molar-refractivity contribution in [1.29, 1.82) is 0 Å². The fourth-order valence-electron chi connectivity index (χ4n) is 1.42. The Labute approximate surface area is 90.9 Å². The Bertz CT molecular complexity index is 299. The number of halogens is 1. The van der Waals surface area contributed by atoms with Crippen LogP contribution in [0.3, 0.4) is 0 Å². The molecule has 0 spiro atoms. The minimum absolute atomic E-state index is 0.134. The van der Waals surface area contributed by atoms with Crippen molar-refractivity contribution < 1.29 is 4.39 Å². The Hall–Kier alpha value is -0.930. The van der Waals surface area contributed by atoms with Crippen LogP contribution in [0, 0.1) is 5.82 Å². The molecule has 0 saturated heterocycles. The Morgan fingerprint density at radius 3 is 2.67 bits per heavy atom. The molecule has 1 rings (SSSR count). The van der Waals surface area contributed by atoms with Crippen LogP contribution in [0.25, 0.3) is 0 Å². The van der Waals surface area contributed by atoms with Crippen molar-refractivity contribution >= 4 is 0 Å². The molecule has 2 N–H and O–H groups in total. The zero-order chi connectivity index (χ0) is 11.3. The van der Waals surface area contributed by atoms with Gasteiger partial charge < -0.3 is 10.6 Å². The lowest BCUT2D eigenvalue weighted by Gasteiger charge is -2.18. The number of rotatable bonds is 5. The predicted octanol–water partition coefficient (Wildman–Crippen LogP) is 1.99. The van der Waals surface area contributed by atoms with Gasteiger partial charge in [0, 0.05) is 18.2 Å². The average molecular weight is 210 g/mol. The largest absolute Gasteiger partial charge is 0.328 e. The molecule has 0 saturated carbocycles. The van der Waals surface area contributed by atoms with Crippen LogP contribution in [0.5, 0.6) is 0 Å². The Kier molecular flexibility index (Phi) is 4.72. The van der Waals surface area contributed by atoms with E-state index in [1.165, 1.54) is 6.07 Å². The van der Waals surface area contributed by atoms with Crippen LogP contribution in [-0.4, -0.2) is 24.5 Å². The zero-order valence-electron chi connectivity index (χ0n) is 9.41. The van der Waals surface area contributed by atoms with Crippen LogP contribution in [0.2, 0.25) is 0 Å². The van der Waals surface area contributed by atoms with Crippen LogP contribution < -0.4 is 5.73 Å². The third kappa shape index (κ3) is 4.40. The van der Waals surface area contributed by atoms with Crippen LogP contribution in [0.4, 0.5) is 4.39 Å². The molecule has 0 heterocycles. The zero-order valence-corrected chi connectivity index (χ0v) is 9.41. The summed E-state index contributed by atoms with van der Waals surface area (Å²) in [6.07, 6.45) is 0.935. The Morgan fingerprint density at radius 1 is 1.40 bits per heavy atom. The van der Waals surface area contributed by atoms with E-state index in [2.05, 4.69) is 4.90 Å². The lowest BCUT2D eigenvalue weighted by atomic mass is 10.2. The molecule has 84 valence electrons. The highest BCUT2D eigenvalue weighted by Crippen LogP contribution is 2.08. The van der Waals surface area contributed by atoms with Crippen molar-refractivity contribution in [3.8, 4) is 0 Å². The third-order valence-corrected chi connectivity index (χ3v) is 2.36. The van der Waals surface area contributed by atoms with Gasteiger partial charge in [0.2, 0.25) is 0 Å². The summed E-state index contributed by atoms with van der Waals surface area (Å²) in [5, 5.41) is 0. The van der Waals surface area contributed by atoms with Gasteiger partial charge in [-0.05, 0) is 33.0 Å². The number of nitrogens with two attached hydrogens (primary N) is 1. The molecule has 2 nitrogen and oxygen atoms in total. The van der Waals surface area contributed by atoms with Gasteiger partial charge in [-0.3, -0.25) is 0 Å². The Balaban J connectivity index is 2.44. The summed E-state index contributed by atoms with van der Waals surface area (Å²) in [4.78, 5) is 2.09. The summed E-state index contributed by atoms with van der Waals surface area (Å²) in [5.41, 5.74) is 6.40. The number of nitrogens with zero attached hydrogens (tertiary/aromatic N) is 1. The van der Waals surface area contributed by atoms with Gasteiger partial charge in [-0.2, -0.15) is 0 Å². The van der Waals surface area contributed by atoms with Crippen molar-refractivity contribution in [2.75, 3.05) is 13.6 Å². The molecule has 0 radical (unpaired) electrons. The quantitative estimate of drug-likeness (QED) is 0.805. The van der Waals surface area contributed by atoms with Crippen molar-refractivity contribution in [2.24, 2.45) is 5.73 Å². The minimum Gasteiger partial charge on any atom is -0.328 e. The van der Waals surface area contributed by atoms with E-state index >= 15 is 0 Å². The Morgan fingerprint density at radius 2 is 2.07 bits per heavy atom. The maximum Gasteiger partial charge on any atom is 0.127 e. The molecule has 0 aliphatic rings. The normalized spacial score (nSPS) is 13.1. The molecule has 1 atom stereocenters. The van der Waals surface area contributed by atoms with E-state index in [0.717, 1.165) is 18.5 Å². The van der Waals surface area contributed by atoms with Gasteiger partial charge in [0.1, 0.15) is 5.82 Å². The third-order valence-electron chi connectivity index (χ3n) is 2.36. The predicted molar refractivity (Wildman–Crippen MR) is 61.0 cm³/mol. The lowest BCUT2D eigenvalue weighted by molar-refractivity contribution is 0.309. The summed E-state index contributed by atoms with van der Waals surface area (Å²) in [6.45, 7) is 3.52. The van der Waals surface area contributed by atoms with Gasteiger partial charge >= 0.3 is 0 Å². The van der Waals surface area contributed by atoms with Crippen LogP contribution >= 0.6 is 0 Å². The minimum atomic E-state index is -0.134. The fourth-order valence-corrected chi connectivity index (χ4v) is 1.42. The van der Waals surface area contributed by atoms with E-state index in [1.54, 1.807) is 6.07 Å². The van der Waals surface area contributed by atoms with Gasteiger partial charge in [0.05, 0.1) is 0 Å². The molecule has 0 bridgehead atoms. The molecule has 15 heavy (non-hydrogen) atoms. The molecule has 0 aromatic heterocycles. The lowest BCUT2D eigenvalue weighted by Crippen LogP contribution is -2.26. The summed E-state index contributed by atoms with van der Waals surface area (Å²) >= 11 is 0. The highest BCUT2D eigenvalue weighted by atomic mass is 19.1. The molecule has 3 heteroatoms. The molecule has 1 unspecified atom stereocenters. The molecule has 0 fully saturated rings. The van der Waals surface area contributed by atoms with Gasteiger partial charge in [0.25, 0.3) is 0 Å². The number of benzene rings is 1.